The summed E-state index contributed by atoms with van der Waals surface area (Å²) in [5.74, 6) is 0. The second-order valence-corrected chi connectivity index (χ2v) is 5.56. The van der Waals surface area contributed by atoms with Gasteiger partial charge in [0.25, 0.3) is 0 Å². The van der Waals surface area contributed by atoms with Gasteiger partial charge in [-0.25, -0.2) is 0 Å². The van der Waals surface area contributed by atoms with Gasteiger partial charge < -0.3 is 0 Å². The molecular formula is C4H9Cl2NP+. The molecule has 0 radical (unpaired) electrons. The van der Waals surface area contributed by atoms with E-state index < -0.39 is 6.42 Å². The Hall–Kier alpha value is 0.680. The molecule has 0 aromatic rings. The van der Waals surface area contributed by atoms with E-state index in [1.807, 2.05) is 20.8 Å². The molecule has 0 fully saturated rings. The molecule has 0 amide bonds. The zero-order valence-corrected chi connectivity index (χ0v) is 7.56. The van der Waals surface area contributed by atoms with Crippen LogP contribution < -0.4 is 0 Å². The van der Waals surface area contributed by atoms with Crippen LogP contribution in [0.25, 0.3) is 0 Å². The average molecular weight is 173 g/mol. The average Bonchev–Trinajstić information content (AvgIpc) is 1.21. The highest BCUT2D eigenvalue weighted by molar-refractivity contribution is 7.96. The molecule has 0 aliphatic heterocycles. The van der Waals surface area contributed by atoms with Gasteiger partial charge in [0.15, 0.2) is 0 Å². The van der Waals surface area contributed by atoms with Crippen LogP contribution in [0.1, 0.15) is 20.8 Å². The molecule has 1 nitrogen and oxygen atoms in total. The number of halogens is 2. The zero-order chi connectivity index (χ0) is 6.78. The third kappa shape index (κ3) is 6.68. The Morgan fingerprint density at radius 3 is 1.62 bits per heavy atom. The van der Waals surface area contributed by atoms with Gasteiger partial charge in [-0.05, 0) is 20.8 Å². The fourth-order valence-corrected chi connectivity index (χ4v) is 2.04. The van der Waals surface area contributed by atoms with Crippen molar-refractivity contribution in [2.45, 2.75) is 26.3 Å². The zero-order valence-electron chi connectivity index (χ0n) is 5.15. The van der Waals surface area contributed by atoms with E-state index in [2.05, 4.69) is 4.74 Å². The second-order valence-electron chi connectivity index (χ2n) is 2.49. The molecule has 0 aromatic carbocycles. The van der Waals surface area contributed by atoms with Crippen molar-refractivity contribution in [3.8, 4) is 0 Å². The second kappa shape index (κ2) is 3.00. The normalized spacial score (nSPS) is 11.1. The van der Waals surface area contributed by atoms with Gasteiger partial charge in [-0.2, -0.15) is 0 Å². The van der Waals surface area contributed by atoms with Crippen molar-refractivity contribution in [1.82, 2.24) is 0 Å². The van der Waals surface area contributed by atoms with Crippen LogP contribution in [0, 0.1) is 0 Å². The molecule has 0 rings (SSSR count). The van der Waals surface area contributed by atoms with E-state index in [0.29, 0.717) is 0 Å². The van der Waals surface area contributed by atoms with Crippen LogP contribution in [-0.4, -0.2) is 5.54 Å². The number of rotatable bonds is 0. The van der Waals surface area contributed by atoms with Crippen LogP contribution in [0.5, 0.6) is 0 Å². The Morgan fingerprint density at radius 2 is 1.62 bits per heavy atom. The van der Waals surface area contributed by atoms with Gasteiger partial charge in [-0.15, -0.1) is 0 Å². The van der Waals surface area contributed by atoms with Gasteiger partial charge in [-0.1, -0.05) is 4.74 Å². The van der Waals surface area contributed by atoms with Crippen molar-refractivity contribution in [3.05, 3.63) is 0 Å². The van der Waals surface area contributed by atoms with Gasteiger partial charge in [0, 0.05) is 0 Å². The number of hydrogen-bond acceptors (Lipinski definition) is 1. The van der Waals surface area contributed by atoms with Crippen LogP contribution in [-0.2, 0) is 0 Å². The lowest BCUT2D eigenvalue weighted by atomic mass is 10.1. The fraction of sp³-hybridized carbons (Fsp3) is 1.00. The quantitative estimate of drug-likeness (QED) is 0.494. The minimum absolute atomic E-state index is 0.0881. The van der Waals surface area contributed by atoms with E-state index in [1.165, 1.54) is 0 Å². The van der Waals surface area contributed by atoms with Crippen LogP contribution >= 0.6 is 28.9 Å². The molecule has 0 aliphatic rings. The van der Waals surface area contributed by atoms with Crippen LogP contribution in [0.3, 0.4) is 0 Å². The predicted octanol–water partition coefficient (Wildman–Crippen LogP) is 3.76. The van der Waals surface area contributed by atoms with Crippen LogP contribution in [0.15, 0.2) is 4.74 Å². The molecule has 4 heteroatoms. The third-order valence-electron chi connectivity index (χ3n) is 0.376. The summed E-state index contributed by atoms with van der Waals surface area (Å²) in [7, 11) is 0. The van der Waals surface area contributed by atoms with E-state index in [0.717, 1.165) is 0 Å². The SMILES string of the molecule is CC(C)(C)N=[P+](Cl)Cl. The number of nitrogens with zero attached hydrogens (tertiary/aromatic N) is 1. The summed E-state index contributed by atoms with van der Waals surface area (Å²) in [5.41, 5.74) is -0.0881. The van der Waals surface area contributed by atoms with Crippen molar-refractivity contribution in [2.24, 2.45) is 4.74 Å². The highest BCUT2D eigenvalue weighted by Crippen LogP contribution is 2.39. The Morgan fingerprint density at radius 1 is 1.25 bits per heavy atom. The summed E-state index contributed by atoms with van der Waals surface area (Å²) >= 11 is 10.9. The molecule has 0 bridgehead atoms. The van der Waals surface area contributed by atoms with Gasteiger partial charge in [-0.3, -0.25) is 0 Å². The van der Waals surface area contributed by atoms with Gasteiger partial charge in [0.1, 0.15) is 0 Å². The fourth-order valence-electron chi connectivity index (χ4n) is 0.227. The van der Waals surface area contributed by atoms with Gasteiger partial charge in [0.05, 0.1) is 5.54 Å². The Bertz CT molecular complexity index is 101. The molecule has 0 spiro atoms. The monoisotopic (exact) mass is 172 g/mol. The third-order valence-corrected chi connectivity index (χ3v) is 1.58. The van der Waals surface area contributed by atoms with E-state index in [4.69, 9.17) is 22.5 Å². The molecule has 0 atom stereocenters. The van der Waals surface area contributed by atoms with Crippen LogP contribution in [0.2, 0.25) is 0 Å². The van der Waals surface area contributed by atoms with Crippen molar-refractivity contribution < 1.29 is 0 Å². The molecule has 0 N–H and O–H groups in total. The van der Waals surface area contributed by atoms with Crippen molar-refractivity contribution >= 4 is 28.9 Å². The first kappa shape index (κ1) is 8.68. The Labute approximate surface area is 60.4 Å². The summed E-state index contributed by atoms with van der Waals surface area (Å²) in [6, 6.07) is 0. The maximum atomic E-state index is 5.43. The summed E-state index contributed by atoms with van der Waals surface area (Å²) in [4.78, 5) is 0. The first-order valence-electron chi connectivity index (χ1n) is 2.26. The first-order chi connectivity index (χ1) is 3.42. The van der Waals surface area contributed by atoms with E-state index >= 15 is 0 Å². The smallest absolute Gasteiger partial charge is 0.0691 e. The van der Waals surface area contributed by atoms with Crippen molar-refractivity contribution in [2.75, 3.05) is 0 Å². The van der Waals surface area contributed by atoms with Gasteiger partial charge in [0.2, 0.25) is 22.5 Å². The van der Waals surface area contributed by atoms with Crippen molar-refractivity contribution in [3.63, 3.8) is 0 Å². The predicted molar refractivity (Wildman–Crippen MR) is 40.8 cm³/mol. The molecule has 0 unspecified atom stereocenters. The van der Waals surface area contributed by atoms with E-state index in [-0.39, 0.29) is 5.54 Å². The summed E-state index contributed by atoms with van der Waals surface area (Å²) in [6.45, 7) is 5.90. The first-order valence-corrected chi connectivity index (χ1v) is 5.37. The Balaban J connectivity index is 3.89. The molecule has 8 heavy (non-hydrogen) atoms. The molecule has 0 aromatic heterocycles. The summed E-state index contributed by atoms with van der Waals surface area (Å²) in [5, 5.41) is 0. The largest absolute Gasteiger partial charge is 0.439 e. The van der Waals surface area contributed by atoms with Gasteiger partial charge >= 0.3 is 6.42 Å². The molecule has 0 aliphatic carbocycles. The van der Waals surface area contributed by atoms with Crippen molar-refractivity contribution in [1.29, 1.82) is 0 Å². The van der Waals surface area contributed by atoms with Crippen LogP contribution in [0.4, 0.5) is 0 Å². The lowest BCUT2D eigenvalue weighted by Crippen LogP contribution is -2.06. The summed E-state index contributed by atoms with van der Waals surface area (Å²) in [6.07, 6.45) is -1.12. The highest BCUT2D eigenvalue weighted by atomic mass is 35.9. The topological polar surface area (TPSA) is 12.4 Å². The molecule has 0 saturated carbocycles. The standard InChI is InChI=1S/C4H9Cl2NP/c1-4(2,3)7-8(5)6/h1-3H3/q+1. The maximum absolute atomic E-state index is 5.43. The molecule has 0 saturated heterocycles. The molecule has 48 valence electrons. The maximum Gasteiger partial charge on any atom is 0.439 e. The minimum atomic E-state index is -1.12. The Kier molecular flexibility index (Phi) is 3.26. The lowest BCUT2D eigenvalue weighted by Gasteiger charge is -2.02. The lowest BCUT2D eigenvalue weighted by molar-refractivity contribution is 0.593. The summed E-state index contributed by atoms with van der Waals surface area (Å²) < 4.78 is 4.01. The molecule has 0 heterocycles. The minimum Gasteiger partial charge on any atom is -0.0691 e. The molecular weight excluding hydrogens is 164 g/mol. The van der Waals surface area contributed by atoms with E-state index in [9.17, 15) is 0 Å². The number of hydrogen-bond donors (Lipinski definition) is 0. The van der Waals surface area contributed by atoms with E-state index in [1.54, 1.807) is 0 Å². The highest BCUT2D eigenvalue weighted by Gasteiger charge is 2.15.